The molecule has 1 heterocycles. The van der Waals surface area contributed by atoms with Gasteiger partial charge in [0, 0.05) is 5.39 Å². The van der Waals surface area contributed by atoms with E-state index in [0.29, 0.717) is 17.1 Å². The van der Waals surface area contributed by atoms with Gasteiger partial charge < -0.3 is 14.8 Å². The van der Waals surface area contributed by atoms with Crippen molar-refractivity contribution in [2.45, 2.75) is 38.1 Å². The second kappa shape index (κ2) is 5.53. The molecule has 0 atom stereocenters. The Hall–Kier alpha value is -1.81. The molecule has 1 amide bonds. The second-order valence-corrected chi connectivity index (χ2v) is 6.22. The van der Waals surface area contributed by atoms with Crippen LogP contribution in [0, 0.1) is 5.92 Å². The van der Waals surface area contributed by atoms with Gasteiger partial charge in [-0.05, 0) is 37.7 Å². The summed E-state index contributed by atoms with van der Waals surface area (Å²) >= 11 is 0. The van der Waals surface area contributed by atoms with Crippen molar-refractivity contribution in [2.75, 3.05) is 6.61 Å². The molecule has 21 heavy (non-hydrogen) atoms. The van der Waals surface area contributed by atoms with Crippen LogP contribution in [-0.4, -0.2) is 23.2 Å². The van der Waals surface area contributed by atoms with Gasteiger partial charge in [-0.1, -0.05) is 25.1 Å². The molecular formula is C17H21NO3. The number of carbonyl (C=O) groups excluding carboxylic acids is 1. The number of hydrogen-bond donors (Lipinski definition) is 2. The minimum atomic E-state index is -0.484. The van der Waals surface area contributed by atoms with Crippen LogP contribution in [0.2, 0.25) is 0 Å². The fourth-order valence-electron chi connectivity index (χ4n) is 3.10. The highest BCUT2D eigenvalue weighted by molar-refractivity contribution is 6.06. The predicted octanol–water partition coefficient (Wildman–Crippen LogP) is 3.10. The van der Waals surface area contributed by atoms with Gasteiger partial charge in [-0.2, -0.15) is 0 Å². The fraction of sp³-hybridized carbons (Fsp3) is 0.471. The van der Waals surface area contributed by atoms with E-state index in [9.17, 15) is 9.90 Å². The second-order valence-electron chi connectivity index (χ2n) is 6.22. The minimum Gasteiger partial charge on any atom is -0.463 e. The van der Waals surface area contributed by atoms with Crippen molar-refractivity contribution in [3.63, 3.8) is 0 Å². The van der Waals surface area contributed by atoms with Crippen molar-refractivity contribution in [2.24, 2.45) is 5.92 Å². The third kappa shape index (κ3) is 2.68. The van der Waals surface area contributed by atoms with Crippen LogP contribution in [0.3, 0.4) is 0 Å². The molecule has 4 nitrogen and oxygen atoms in total. The van der Waals surface area contributed by atoms with E-state index in [1.807, 2.05) is 24.3 Å². The van der Waals surface area contributed by atoms with Crippen molar-refractivity contribution >= 4 is 16.9 Å². The summed E-state index contributed by atoms with van der Waals surface area (Å²) in [7, 11) is 0. The van der Waals surface area contributed by atoms with Crippen LogP contribution in [0.25, 0.3) is 11.0 Å². The topological polar surface area (TPSA) is 62.5 Å². The first-order valence-corrected chi connectivity index (χ1v) is 7.53. The standard InChI is InChI=1S/C17H21NO3/c1-12-6-8-17(11-19,9-7-12)18-16(20)14-10-21-15-5-3-2-4-13(14)15/h2-5,10,12,19H,6-9,11H2,1H3,(H,18,20). The number of para-hydroxylation sites is 1. The highest BCUT2D eigenvalue weighted by atomic mass is 16.3. The third-order valence-electron chi connectivity index (χ3n) is 4.64. The smallest absolute Gasteiger partial charge is 0.255 e. The van der Waals surface area contributed by atoms with Gasteiger partial charge in [-0.25, -0.2) is 0 Å². The van der Waals surface area contributed by atoms with Crippen molar-refractivity contribution in [3.8, 4) is 0 Å². The molecule has 1 aliphatic carbocycles. The zero-order valence-corrected chi connectivity index (χ0v) is 12.3. The van der Waals surface area contributed by atoms with Gasteiger partial charge in [0.25, 0.3) is 5.91 Å². The molecule has 2 N–H and O–H groups in total. The molecule has 1 saturated carbocycles. The number of carbonyl (C=O) groups is 1. The number of furan rings is 1. The lowest BCUT2D eigenvalue weighted by molar-refractivity contribution is 0.0718. The summed E-state index contributed by atoms with van der Waals surface area (Å²) in [6, 6.07) is 7.49. The van der Waals surface area contributed by atoms with E-state index < -0.39 is 5.54 Å². The van der Waals surface area contributed by atoms with Gasteiger partial charge in [0.2, 0.25) is 0 Å². The van der Waals surface area contributed by atoms with Gasteiger partial charge in [0.05, 0.1) is 17.7 Å². The van der Waals surface area contributed by atoms with Crippen molar-refractivity contribution < 1.29 is 14.3 Å². The number of aliphatic hydroxyl groups excluding tert-OH is 1. The summed E-state index contributed by atoms with van der Waals surface area (Å²) in [5.74, 6) is 0.500. The normalized spacial score (nSPS) is 25.9. The van der Waals surface area contributed by atoms with Crippen molar-refractivity contribution in [1.29, 1.82) is 0 Å². The lowest BCUT2D eigenvalue weighted by Crippen LogP contribution is -2.53. The zero-order chi connectivity index (χ0) is 14.9. The summed E-state index contributed by atoms with van der Waals surface area (Å²) in [4.78, 5) is 12.6. The van der Waals surface area contributed by atoms with E-state index in [4.69, 9.17) is 4.42 Å². The molecule has 0 radical (unpaired) electrons. The van der Waals surface area contributed by atoms with Gasteiger partial charge >= 0.3 is 0 Å². The van der Waals surface area contributed by atoms with E-state index >= 15 is 0 Å². The molecule has 112 valence electrons. The quantitative estimate of drug-likeness (QED) is 0.911. The van der Waals surface area contributed by atoms with Gasteiger partial charge in [-0.15, -0.1) is 0 Å². The van der Waals surface area contributed by atoms with Crippen LogP contribution >= 0.6 is 0 Å². The molecule has 4 heteroatoms. The number of aliphatic hydroxyl groups is 1. The average Bonchev–Trinajstić information content (AvgIpc) is 2.94. The van der Waals surface area contributed by atoms with E-state index in [1.165, 1.54) is 6.26 Å². The fourth-order valence-corrected chi connectivity index (χ4v) is 3.10. The molecular weight excluding hydrogens is 266 g/mol. The van der Waals surface area contributed by atoms with Crippen LogP contribution in [-0.2, 0) is 0 Å². The Morgan fingerprint density at radius 1 is 1.38 bits per heavy atom. The van der Waals surface area contributed by atoms with Gasteiger partial charge in [-0.3, -0.25) is 4.79 Å². The molecule has 0 aliphatic heterocycles. The van der Waals surface area contributed by atoms with E-state index in [-0.39, 0.29) is 12.5 Å². The lowest BCUT2D eigenvalue weighted by Gasteiger charge is -2.38. The highest BCUT2D eigenvalue weighted by Gasteiger charge is 2.35. The lowest BCUT2D eigenvalue weighted by atomic mass is 9.77. The SMILES string of the molecule is CC1CCC(CO)(NC(=O)c2coc3ccccc23)CC1. The first-order chi connectivity index (χ1) is 10.1. The Morgan fingerprint density at radius 2 is 2.10 bits per heavy atom. The number of benzene rings is 1. The maximum atomic E-state index is 12.6. The predicted molar refractivity (Wildman–Crippen MR) is 81.1 cm³/mol. The summed E-state index contributed by atoms with van der Waals surface area (Å²) in [6.07, 6.45) is 5.22. The Labute approximate surface area is 124 Å². The Balaban J connectivity index is 1.82. The maximum absolute atomic E-state index is 12.6. The van der Waals surface area contributed by atoms with E-state index in [0.717, 1.165) is 31.1 Å². The van der Waals surface area contributed by atoms with Crippen LogP contribution in [0.5, 0.6) is 0 Å². The van der Waals surface area contributed by atoms with Gasteiger partial charge in [0.15, 0.2) is 0 Å². The third-order valence-corrected chi connectivity index (χ3v) is 4.64. The van der Waals surface area contributed by atoms with Crippen LogP contribution in [0.15, 0.2) is 34.9 Å². The molecule has 0 saturated heterocycles. The molecule has 1 aromatic carbocycles. The zero-order valence-electron chi connectivity index (χ0n) is 12.3. The number of rotatable bonds is 3. The van der Waals surface area contributed by atoms with Crippen molar-refractivity contribution in [1.82, 2.24) is 5.32 Å². The summed E-state index contributed by atoms with van der Waals surface area (Å²) in [5.41, 5.74) is 0.761. The molecule has 2 aromatic rings. The molecule has 3 rings (SSSR count). The highest BCUT2D eigenvalue weighted by Crippen LogP contribution is 2.32. The summed E-state index contributed by atoms with van der Waals surface area (Å²) < 4.78 is 5.42. The van der Waals surface area contributed by atoms with E-state index in [2.05, 4.69) is 12.2 Å². The molecule has 0 unspecified atom stereocenters. The van der Waals surface area contributed by atoms with E-state index in [1.54, 1.807) is 0 Å². The van der Waals surface area contributed by atoms with Crippen LogP contribution < -0.4 is 5.32 Å². The summed E-state index contributed by atoms with van der Waals surface area (Å²) in [6.45, 7) is 2.20. The first-order valence-electron chi connectivity index (χ1n) is 7.53. The molecule has 1 aliphatic rings. The molecule has 1 fully saturated rings. The minimum absolute atomic E-state index is 0.0127. The Bertz CT molecular complexity index is 638. The molecule has 1 aromatic heterocycles. The monoisotopic (exact) mass is 287 g/mol. The molecule has 0 bridgehead atoms. The number of hydrogen-bond acceptors (Lipinski definition) is 3. The largest absolute Gasteiger partial charge is 0.463 e. The Kier molecular flexibility index (Phi) is 3.72. The van der Waals surface area contributed by atoms with Crippen LogP contribution in [0.1, 0.15) is 43.0 Å². The van der Waals surface area contributed by atoms with Crippen molar-refractivity contribution in [3.05, 3.63) is 36.1 Å². The number of fused-ring (bicyclic) bond motifs is 1. The average molecular weight is 287 g/mol. The molecule has 0 spiro atoms. The van der Waals surface area contributed by atoms with Crippen LogP contribution in [0.4, 0.5) is 0 Å². The summed E-state index contributed by atoms with van der Waals surface area (Å²) in [5, 5.41) is 13.6. The number of nitrogens with one attached hydrogen (secondary N) is 1. The maximum Gasteiger partial charge on any atom is 0.255 e. The number of amides is 1. The van der Waals surface area contributed by atoms with Gasteiger partial charge in [0.1, 0.15) is 11.8 Å². The Morgan fingerprint density at radius 3 is 2.81 bits per heavy atom. The first kappa shape index (κ1) is 14.1.